The Morgan fingerprint density at radius 3 is 2.52 bits per heavy atom. The highest BCUT2D eigenvalue weighted by molar-refractivity contribution is 5.99. The number of nitrogens with zero attached hydrogens (tertiary/aromatic N) is 1. The molecule has 0 aliphatic rings. The first-order chi connectivity index (χ1) is 13.1. The van der Waals surface area contributed by atoms with Gasteiger partial charge in [0.25, 0.3) is 5.91 Å². The minimum absolute atomic E-state index is 0.127. The number of hydrogen-bond donors (Lipinski definition) is 2. The molecule has 136 valence electrons. The zero-order chi connectivity index (χ0) is 19.1. The van der Waals surface area contributed by atoms with Crippen molar-refractivity contribution in [3.05, 3.63) is 84.4 Å². The van der Waals surface area contributed by atoms with Gasteiger partial charge < -0.3 is 10.5 Å². The molecule has 5 nitrogen and oxygen atoms in total. The van der Waals surface area contributed by atoms with Gasteiger partial charge in [0.05, 0.1) is 5.71 Å². The Kier molecular flexibility index (Phi) is 5.84. The highest BCUT2D eigenvalue weighted by atomic mass is 16.5. The van der Waals surface area contributed by atoms with E-state index in [4.69, 9.17) is 10.5 Å². The lowest BCUT2D eigenvalue weighted by Crippen LogP contribution is -2.25. The number of benzene rings is 3. The Bertz CT molecular complexity index is 953. The second-order valence-corrected chi connectivity index (χ2v) is 6.01. The molecule has 3 rings (SSSR count). The molecule has 0 atom stereocenters. The molecule has 0 saturated carbocycles. The summed E-state index contributed by atoms with van der Waals surface area (Å²) in [6, 6.07) is 24.8. The number of hydrazone groups is 1. The van der Waals surface area contributed by atoms with Crippen LogP contribution in [0.1, 0.15) is 12.5 Å². The lowest BCUT2D eigenvalue weighted by molar-refractivity contribution is -0.123. The van der Waals surface area contributed by atoms with Gasteiger partial charge in [0.2, 0.25) is 0 Å². The number of nitrogens with two attached hydrogens (primary N) is 1. The van der Waals surface area contributed by atoms with Crippen LogP contribution in [0.3, 0.4) is 0 Å². The molecule has 0 bridgehead atoms. The number of rotatable bonds is 6. The van der Waals surface area contributed by atoms with Gasteiger partial charge in [-0.05, 0) is 36.2 Å². The zero-order valence-electron chi connectivity index (χ0n) is 15.1. The first-order valence-corrected chi connectivity index (χ1v) is 8.60. The van der Waals surface area contributed by atoms with Gasteiger partial charge in [-0.1, -0.05) is 60.7 Å². The van der Waals surface area contributed by atoms with Crippen LogP contribution in [0.5, 0.6) is 5.75 Å². The van der Waals surface area contributed by atoms with Crippen molar-refractivity contribution in [2.75, 3.05) is 12.3 Å². The van der Waals surface area contributed by atoms with Crippen LogP contribution in [0.15, 0.2) is 84.0 Å². The van der Waals surface area contributed by atoms with Gasteiger partial charge in [-0.15, -0.1) is 0 Å². The van der Waals surface area contributed by atoms with Gasteiger partial charge in [-0.2, -0.15) is 5.10 Å². The summed E-state index contributed by atoms with van der Waals surface area (Å²) < 4.78 is 5.71. The molecule has 27 heavy (non-hydrogen) atoms. The van der Waals surface area contributed by atoms with E-state index in [0.717, 1.165) is 16.7 Å². The van der Waals surface area contributed by atoms with Crippen LogP contribution in [0.25, 0.3) is 11.1 Å². The third-order valence-electron chi connectivity index (χ3n) is 3.98. The third kappa shape index (κ3) is 4.95. The van der Waals surface area contributed by atoms with Crippen LogP contribution < -0.4 is 15.9 Å². The van der Waals surface area contributed by atoms with Gasteiger partial charge in [-0.3, -0.25) is 4.79 Å². The fourth-order valence-corrected chi connectivity index (χ4v) is 2.60. The van der Waals surface area contributed by atoms with E-state index in [9.17, 15) is 4.79 Å². The highest BCUT2D eigenvalue weighted by Crippen LogP contribution is 2.29. The molecule has 3 N–H and O–H groups in total. The molecule has 0 saturated heterocycles. The third-order valence-corrected chi connectivity index (χ3v) is 3.98. The van der Waals surface area contributed by atoms with E-state index in [1.807, 2.05) is 66.7 Å². The molecule has 0 radical (unpaired) electrons. The van der Waals surface area contributed by atoms with Crippen LogP contribution in [0.4, 0.5) is 5.69 Å². The first-order valence-electron chi connectivity index (χ1n) is 8.60. The predicted molar refractivity (Wildman–Crippen MR) is 109 cm³/mol. The fourth-order valence-electron chi connectivity index (χ4n) is 2.60. The van der Waals surface area contributed by atoms with Crippen molar-refractivity contribution >= 4 is 17.3 Å². The monoisotopic (exact) mass is 359 g/mol. The van der Waals surface area contributed by atoms with Gasteiger partial charge >= 0.3 is 0 Å². The average molecular weight is 359 g/mol. The van der Waals surface area contributed by atoms with E-state index in [2.05, 4.69) is 10.5 Å². The van der Waals surface area contributed by atoms with E-state index >= 15 is 0 Å². The standard InChI is InChI=1S/C22H21N3O2/c1-16(18-10-7-11-19(23)14-18)24-25-22(26)15-27-21-13-6-5-12-20(21)17-8-3-2-4-9-17/h2-14H,15,23H2,1H3,(H,25,26)/b24-16-. The smallest absolute Gasteiger partial charge is 0.277 e. The average Bonchev–Trinajstić information content (AvgIpc) is 2.71. The van der Waals surface area contributed by atoms with E-state index < -0.39 is 0 Å². The summed E-state index contributed by atoms with van der Waals surface area (Å²) in [5, 5.41) is 4.11. The summed E-state index contributed by atoms with van der Waals surface area (Å²) in [5.41, 5.74) is 12.4. The number of amides is 1. The molecule has 0 heterocycles. The molecule has 0 fully saturated rings. The Labute approximate surface area is 158 Å². The normalized spacial score (nSPS) is 11.1. The van der Waals surface area contributed by atoms with Crippen molar-refractivity contribution in [1.29, 1.82) is 0 Å². The molecule has 0 aliphatic heterocycles. The Hall–Kier alpha value is -3.60. The van der Waals surface area contributed by atoms with Crippen molar-refractivity contribution in [1.82, 2.24) is 5.43 Å². The maximum atomic E-state index is 12.1. The van der Waals surface area contributed by atoms with Gasteiger partial charge in [0.15, 0.2) is 6.61 Å². The summed E-state index contributed by atoms with van der Waals surface area (Å²) in [6.45, 7) is 1.68. The summed E-state index contributed by atoms with van der Waals surface area (Å²) in [7, 11) is 0. The SMILES string of the molecule is C/C(=N/NC(=O)COc1ccccc1-c1ccccc1)c1cccc(N)c1. The topological polar surface area (TPSA) is 76.7 Å². The second kappa shape index (κ2) is 8.67. The molecular formula is C22H21N3O2. The lowest BCUT2D eigenvalue weighted by Gasteiger charge is -2.11. The number of nitrogens with one attached hydrogen (secondary N) is 1. The summed E-state index contributed by atoms with van der Waals surface area (Å²) >= 11 is 0. The van der Waals surface area contributed by atoms with Crippen LogP contribution >= 0.6 is 0 Å². The largest absolute Gasteiger partial charge is 0.483 e. The van der Waals surface area contributed by atoms with Gasteiger partial charge in [0, 0.05) is 11.3 Å². The maximum Gasteiger partial charge on any atom is 0.277 e. The highest BCUT2D eigenvalue weighted by Gasteiger charge is 2.08. The van der Waals surface area contributed by atoms with Crippen molar-refractivity contribution in [3.63, 3.8) is 0 Å². The van der Waals surface area contributed by atoms with Crippen molar-refractivity contribution in [2.24, 2.45) is 5.10 Å². The van der Waals surface area contributed by atoms with E-state index in [1.165, 1.54) is 0 Å². The lowest BCUT2D eigenvalue weighted by atomic mass is 10.1. The Balaban J connectivity index is 1.63. The molecule has 5 heteroatoms. The maximum absolute atomic E-state index is 12.1. The molecule has 3 aromatic carbocycles. The first kappa shape index (κ1) is 18.2. The number of nitrogen functional groups attached to an aromatic ring is 1. The minimum atomic E-state index is -0.332. The van der Waals surface area contributed by atoms with E-state index in [-0.39, 0.29) is 12.5 Å². The number of para-hydroxylation sites is 1. The fraction of sp³-hybridized carbons (Fsp3) is 0.0909. The van der Waals surface area contributed by atoms with Crippen LogP contribution in [-0.4, -0.2) is 18.2 Å². The van der Waals surface area contributed by atoms with E-state index in [1.54, 1.807) is 19.1 Å². The summed E-state index contributed by atoms with van der Waals surface area (Å²) in [4.78, 5) is 12.1. The van der Waals surface area contributed by atoms with Crippen molar-refractivity contribution in [3.8, 4) is 16.9 Å². The summed E-state index contributed by atoms with van der Waals surface area (Å²) in [5.74, 6) is 0.316. The number of carbonyl (C=O) groups is 1. The molecule has 0 unspecified atom stereocenters. The second-order valence-electron chi connectivity index (χ2n) is 6.01. The van der Waals surface area contributed by atoms with E-state index in [0.29, 0.717) is 17.1 Å². The quantitative estimate of drug-likeness (QED) is 0.399. The molecule has 0 aliphatic carbocycles. The summed E-state index contributed by atoms with van der Waals surface area (Å²) in [6.07, 6.45) is 0. The van der Waals surface area contributed by atoms with Crippen molar-refractivity contribution < 1.29 is 9.53 Å². The number of anilines is 1. The molecular weight excluding hydrogens is 338 g/mol. The predicted octanol–water partition coefficient (Wildman–Crippen LogP) is 3.86. The number of carbonyl (C=O) groups excluding carboxylic acids is 1. The van der Waals surface area contributed by atoms with Gasteiger partial charge in [-0.25, -0.2) is 5.43 Å². The van der Waals surface area contributed by atoms with Crippen LogP contribution in [-0.2, 0) is 4.79 Å². The molecule has 0 aromatic heterocycles. The van der Waals surface area contributed by atoms with Crippen LogP contribution in [0.2, 0.25) is 0 Å². The Morgan fingerprint density at radius 1 is 1.00 bits per heavy atom. The zero-order valence-corrected chi connectivity index (χ0v) is 15.1. The number of ether oxygens (including phenoxy) is 1. The number of hydrogen-bond acceptors (Lipinski definition) is 4. The molecule has 1 amide bonds. The van der Waals surface area contributed by atoms with Crippen molar-refractivity contribution in [2.45, 2.75) is 6.92 Å². The minimum Gasteiger partial charge on any atom is -0.483 e. The van der Waals surface area contributed by atoms with Gasteiger partial charge in [0.1, 0.15) is 5.75 Å². The Morgan fingerprint density at radius 2 is 1.74 bits per heavy atom. The molecule has 3 aromatic rings. The molecule has 0 spiro atoms. The van der Waals surface area contributed by atoms with Crippen LogP contribution in [0, 0.1) is 0 Å².